The van der Waals surface area contributed by atoms with Gasteiger partial charge >= 0.3 is 0 Å². The normalized spacial score (nSPS) is 11.1. The molecule has 4 rings (SSSR count). The van der Waals surface area contributed by atoms with Gasteiger partial charge in [0.15, 0.2) is 0 Å². The molecule has 8 heteroatoms. The summed E-state index contributed by atoms with van der Waals surface area (Å²) in [6.07, 6.45) is 4.13. The summed E-state index contributed by atoms with van der Waals surface area (Å²) < 4.78 is 16.1. The van der Waals surface area contributed by atoms with Crippen LogP contribution in [-0.4, -0.2) is 34.5 Å². The minimum atomic E-state index is -0.454. The highest BCUT2D eigenvalue weighted by atomic mass is 19.1. The number of fused-ring (bicyclic) bond motifs is 3. The molecular weight excluding hydrogens is 354 g/mol. The SMILES string of the molecule is BN(C)c1nc2[nH]c(-c3cc(F)cc(C#N)c3)c(CC=C)c2c2c1ncn2C. The van der Waals surface area contributed by atoms with Gasteiger partial charge in [-0.05, 0) is 37.2 Å². The molecule has 1 aromatic carbocycles. The highest BCUT2D eigenvalue weighted by Gasteiger charge is 2.21. The number of anilines is 1. The van der Waals surface area contributed by atoms with E-state index in [4.69, 9.17) is 4.98 Å². The van der Waals surface area contributed by atoms with E-state index < -0.39 is 5.82 Å². The van der Waals surface area contributed by atoms with Crippen LogP contribution in [0, 0.1) is 17.1 Å². The van der Waals surface area contributed by atoms with Crippen LogP contribution in [0.4, 0.5) is 10.2 Å². The van der Waals surface area contributed by atoms with Gasteiger partial charge in [-0.15, -0.1) is 6.58 Å². The molecular formula is C20H18BFN6. The van der Waals surface area contributed by atoms with Crippen LogP contribution in [0.3, 0.4) is 0 Å². The van der Waals surface area contributed by atoms with E-state index >= 15 is 0 Å². The third-order valence-electron chi connectivity index (χ3n) is 4.77. The zero-order chi connectivity index (χ0) is 20.0. The number of aromatic amines is 1. The molecule has 1 N–H and O–H groups in total. The van der Waals surface area contributed by atoms with E-state index in [1.54, 1.807) is 18.5 Å². The van der Waals surface area contributed by atoms with Gasteiger partial charge in [0.1, 0.15) is 22.8 Å². The number of hydrogen-bond donors (Lipinski definition) is 1. The Labute approximate surface area is 162 Å². The number of benzene rings is 1. The van der Waals surface area contributed by atoms with Crippen LogP contribution in [0.1, 0.15) is 11.1 Å². The fraction of sp³-hybridized carbons (Fsp3) is 0.150. The van der Waals surface area contributed by atoms with E-state index in [1.807, 2.05) is 37.5 Å². The predicted octanol–water partition coefficient (Wildman–Crippen LogP) is 2.84. The summed E-state index contributed by atoms with van der Waals surface area (Å²) in [5.41, 5.74) is 4.99. The molecule has 0 aliphatic carbocycles. The Balaban J connectivity index is 2.14. The van der Waals surface area contributed by atoms with Crippen LogP contribution in [0.15, 0.2) is 37.2 Å². The molecule has 3 heterocycles. The number of hydrogen-bond acceptors (Lipinski definition) is 4. The molecule has 6 nitrogen and oxygen atoms in total. The van der Waals surface area contributed by atoms with Crippen molar-refractivity contribution in [1.29, 1.82) is 5.26 Å². The standard InChI is InChI=1S/C20H18BFN6/c1-4-5-14-15-18-17(24-10-27(18)2)20(28(3)21)26-19(15)25-16(14)12-6-11(9-23)7-13(22)8-12/h4,6-8,10H,1,5,21H2,2-3H3,(H,25,26). The molecule has 0 aliphatic heterocycles. The highest BCUT2D eigenvalue weighted by molar-refractivity contribution is 6.21. The number of pyridine rings is 1. The van der Waals surface area contributed by atoms with Crippen molar-refractivity contribution in [2.24, 2.45) is 7.05 Å². The predicted molar refractivity (Wildman–Crippen MR) is 111 cm³/mol. The second kappa shape index (κ2) is 6.53. The Hall–Kier alpha value is -3.60. The van der Waals surface area contributed by atoms with Crippen molar-refractivity contribution in [3.63, 3.8) is 0 Å². The number of H-pyrrole nitrogens is 1. The lowest BCUT2D eigenvalue weighted by Crippen LogP contribution is -2.13. The molecule has 0 radical (unpaired) electrons. The number of allylic oxidation sites excluding steroid dienone is 1. The molecule has 28 heavy (non-hydrogen) atoms. The Morgan fingerprint density at radius 2 is 2.21 bits per heavy atom. The van der Waals surface area contributed by atoms with Crippen molar-refractivity contribution < 1.29 is 4.39 Å². The van der Waals surface area contributed by atoms with E-state index in [0.717, 1.165) is 33.5 Å². The second-order valence-corrected chi connectivity index (χ2v) is 6.92. The molecule has 0 bridgehead atoms. The molecule has 0 spiro atoms. The lowest BCUT2D eigenvalue weighted by atomic mass is 10.0. The first kappa shape index (κ1) is 17.8. The number of imidazole rings is 1. The molecule has 0 saturated heterocycles. The lowest BCUT2D eigenvalue weighted by Gasteiger charge is -2.13. The number of nitrogens with zero attached hydrogens (tertiary/aromatic N) is 5. The topological polar surface area (TPSA) is 73.5 Å². The fourth-order valence-corrected chi connectivity index (χ4v) is 3.62. The molecule has 0 aliphatic rings. The maximum atomic E-state index is 14.1. The van der Waals surface area contributed by atoms with Gasteiger partial charge in [-0.3, -0.25) is 0 Å². The largest absolute Gasteiger partial charge is 0.408 e. The molecule has 0 amide bonds. The van der Waals surface area contributed by atoms with Crippen LogP contribution in [-0.2, 0) is 13.5 Å². The van der Waals surface area contributed by atoms with E-state index in [9.17, 15) is 9.65 Å². The number of aryl methyl sites for hydroxylation is 1. The number of rotatable bonds is 4. The minimum Gasteiger partial charge on any atom is -0.408 e. The summed E-state index contributed by atoms with van der Waals surface area (Å²) in [7, 11) is 5.78. The van der Waals surface area contributed by atoms with Crippen LogP contribution < -0.4 is 4.81 Å². The van der Waals surface area contributed by atoms with E-state index in [0.29, 0.717) is 17.6 Å². The fourth-order valence-electron chi connectivity index (χ4n) is 3.62. The maximum Gasteiger partial charge on any atom is 0.219 e. The summed E-state index contributed by atoms with van der Waals surface area (Å²) in [6.45, 7) is 3.87. The quantitative estimate of drug-likeness (QED) is 0.442. The molecule has 0 unspecified atom stereocenters. The van der Waals surface area contributed by atoms with Gasteiger partial charge in [-0.1, -0.05) is 6.08 Å². The number of halogens is 1. The van der Waals surface area contributed by atoms with Gasteiger partial charge < -0.3 is 14.4 Å². The second-order valence-electron chi connectivity index (χ2n) is 6.92. The first-order chi connectivity index (χ1) is 13.4. The van der Waals surface area contributed by atoms with Crippen LogP contribution in [0.5, 0.6) is 0 Å². The van der Waals surface area contributed by atoms with Crippen molar-refractivity contribution in [3.05, 3.63) is 54.1 Å². The average molecular weight is 372 g/mol. The summed E-state index contributed by atoms with van der Waals surface area (Å²) in [6, 6.07) is 6.33. The molecule has 3 aromatic heterocycles. The Morgan fingerprint density at radius 1 is 1.43 bits per heavy atom. The minimum absolute atomic E-state index is 0.269. The van der Waals surface area contributed by atoms with Crippen molar-refractivity contribution in [2.45, 2.75) is 6.42 Å². The third kappa shape index (κ3) is 2.64. The Kier molecular flexibility index (Phi) is 4.15. The van der Waals surface area contributed by atoms with Crippen LogP contribution >= 0.6 is 0 Å². The van der Waals surface area contributed by atoms with Crippen molar-refractivity contribution >= 4 is 35.9 Å². The van der Waals surface area contributed by atoms with Crippen LogP contribution in [0.2, 0.25) is 0 Å². The van der Waals surface area contributed by atoms with Gasteiger partial charge in [0, 0.05) is 18.0 Å². The van der Waals surface area contributed by atoms with Gasteiger partial charge in [0.2, 0.25) is 7.98 Å². The van der Waals surface area contributed by atoms with Gasteiger partial charge in [-0.2, -0.15) is 5.26 Å². The van der Waals surface area contributed by atoms with Crippen molar-refractivity contribution in [3.8, 4) is 17.3 Å². The summed E-state index contributed by atoms with van der Waals surface area (Å²) in [4.78, 5) is 14.6. The highest BCUT2D eigenvalue weighted by Crippen LogP contribution is 2.37. The number of nitriles is 1. The zero-order valence-corrected chi connectivity index (χ0v) is 15.9. The van der Waals surface area contributed by atoms with E-state index in [-0.39, 0.29) is 5.56 Å². The first-order valence-electron chi connectivity index (χ1n) is 8.79. The Bertz CT molecular complexity index is 1280. The molecule has 138 valence electrons. The smallest absolute Gasteiger partial charge is 0.219 e. The molecule has 4 aromatic rings. The molecule has 0 atom stereocenters. The van der Waals surface area contributed by atoms with E-state index in [1.165, 1.54) is 12.1 Å². The lowest BCUT2D eigenvalue weighted by molar-refractivity contribution is 0.628. The van der Waals surface area contributed by atoms with Crippen molar-refractivity contribution in [2.75, 3.05) is 11.9 Å². The van der Waals surface area contributed by atoms with Crippen LogP contribution in [0.25, 0.3) is 33.3 Å². The van der Waals surface area contributed by atoms with E-state index in [2.05, 4.69) is 16.5 Å². The summed E-state index contributed by atoms with van der Waals surface area (Å²) in [5.74, 6) is 0.294. The monoisotopic (exact) mass is 372 g/mol. The maximum absolute atomic E-state index is 14.1. The number of aromatic nitrogens is 4. The first-order valence-corrected chi connectivity index (χ1v) is 8.79. The van der Waals surface area contributed by atoms with Gasteiger partial charge in [0.05, 0.1) is 29.2 Å². The molecule has 0 saturated carbocycles. The molecule has 0 fully saturated rings. The average Bonchev–Trinajstić information content (AvgIpc) is 3.21. The number of nitrogens with one attached hydrogen (secondary N) is 1. The third-order valence-corrected chi connectivity index (χ3v) is 4.77. The summed E-state index contributed by atoms with van der Waals surface area (Å²) >= 11 is 0. The Morgan fingerprint density at radius 3 is 2.89 bits per heavy atom. The van der Waals surface area contributed by atoms with Gasteiger partial charge in [-0.25, -0.2) is 14.4 Å². The zero-order valence-electron chi connectivity index (χ0n) is 15.9. The van der Waals surface area contributed by atoms with Crippen molar-refractivity contribution in [1.82, 2.24) is 19.5 Å². The van der Waals surface area contributed by atoms with Gasteiger partial charge in [0.25, 0.3) is 0 Å². The summed E-state index contributed by atoms with van der Waals surface area (Å²) in [5, 5.41) is 10.1.